The lowest BCUT2D eigenvalue weighted by Crippen LogP contribution is -2.41. The van der Waals surface area contributed by atoms with Gasteiger partial charge in [-0.1, -0.05) is 13.3 Å². The molecule has 2 rings (SSSR count). The second-order valence-electron chi connectivity index (χ2n) is 5.59. The summed E-state index contributed by atoms with van der Waals surface area (Å²) in [6.45, 7) is 3.55. The molecule has 1 aromatic rings. The summed E-state index contributed by atoms with van der Waals surface area (Å²) in [4.78, 5) is 11.8. The minimum atomic E-state index is 0.000688. The zero-order chi connectivity index (χ0) is 14.4. The Bertz CT molecular complexity index is 433. The fraction of sp³-hybridized carbons (Fsp3) is 0.562. The topological polar surface area (TPSA) is 50.4 Å². The van der Waals surface area contributed by atoms with Gasteiger partial charge in [0.1, 0.15) is 5.75 Å². The Morgan fingerprint density at radius 1 is 1.30 bits per heavy atom. The zero-order valence-corrected chi connectivity index (χ0v) is 12.4. The third-order valence-electron chi connectivity index (χ3n) is 4.32. The van der Waals surface area contributed by atoms with Gasteiger partial charge in [-0.2, -0.15) is 0 Å². The van der Waals surface area contributed by atoms with E-state index in [9.17, 15) is 4.79 Å². The molecule has 0 heterocycles. The normalized spacial score (nSPS) is 16.3. The Kier molecular flexibility index (Phi) is 5.01. The maximum absolute atomic E-state index is 11.8. The summed E-state index contributed by atoms with van der Waals surface area (Å²) in [6, 6.07) is 7.36. The third-order valence-corrected chi connectivity index (χ3v) is 4.32. The van der Waals surface area contributed by atoms with Crippen LogP contribution < -0.4 is 15.4 Å². The van der Waals surface area contributed by atoms with Gasteiger partial charge in [-0.3, -0.25) is 4.79 Å². The molecule has 1 aromatic carbocycles. The largest absolute Gasteiger partial charge is 0.497 e. The molecule has 1 fully saturated rings. The number of hydrogen-bond acceptors (Lipinski definition) is 3. The summed E-state index contributed by atoms with van der Waals surface area (Å²) in [5.74, 6) is 0.789. The molecule has 1 saturated carbocycles. The van der Waals surface area contributed by atoms with Gasteiger partial charge in [0.05, 0.1) is 13.7 Å². The number of hydrogen-bond donors (Lipinski definition) is 2. The van der Waals surface area contributed by atoms with Gasteiger partial charge >= 0.3 is 0 Å². The van der Waals surface area contributed by atoms with Crippen LogP contribution in [0.15, 0.2) is 24.3 Å². The standard InChI is InChI=1S/C16H24N2O2/c1-3-16(9-4-10-16)12-17-11-15(19)18-13-5-7-14(20-2)8-6-13/h5-8,17H,3-4,9-12H2,1-2H3,(H,18,19). The Morgan fingerprint density at radius 2 is 2.00 bits per heavy atom. The zero-order valence-electron chi connectivity index (χ0n) is 12.4. The summed E-state index contributed by atoms with van der Waals surface area (Å²) in [5, 5.41) is 6.16. The van der Waals surface area contributed by atoms with Crippen molar-refractivity contribution in [3.63, 3.8) is 0 Å². The highest BCUT2D eigenvalue weighted by Gasteiger charge is 2.34. The third kappa shape index (κ3) is 3.73. The summed E-state index contributed by atoms with van der Waals surface area (Å²) in [5.41, 5.74) is 1.24. The number of rotatable bonds is 7. The first-order valence-electron chi connectivity index (χ1n) is 7.32. The molecule has 2 N–H and O–H groups in total. The van der Waals surface area contributed by atoms with Crippen molar-refractivity contribution in [2.45, 2.75) is 32.6 Å². The molecule has 110 valence electrons. The second kappa shape index (κ2) is 6.75. The molecule has 0 bridgehead atoms. The van der Waals surface area contributed by atoms with Crippen molar-refractivity contribution in [1.82, 2.24) is 5.32 Å². The van der Waals surface area contributed by atoms with Gasteiger partial charge in [0.25, 0.3) is 0 Å². The van der Waals surface area contributed by atoms with Crippen molar-refractivity contribution in [2.75, 3.05) is 25.5 Å². The number of amides is 1. The molecule has 0 radical (unpaired) electrons. The van der Waals surface area contributed by atoms with Crippen LogP contribution in [0.25, 0.3) is 0 Å². The number of carbonyl (C=O) groups is 1. The van der Waals surface area contributed by atoms with Gasteiger partial charge in [0, 0.05) is 12.2 Å². The van der Waals surface area contributed by atoms with Gasteiger partial charge in [0.15, 0.2) is 0 Å². The fourth-order valence-electron chi connectivity index (χ4n) is 2.65. The van der Waals surface area contributed by atoms with E-state index in [4.69, 9.17) is 4.74 Å². The van der Waals surface area contributed by atoms with Crippen LogP contribution in [-0.4, -0.2) is 26.1 Å². The molecule has 1 aliphatic carbocycles. The summed E-state index contributed by atoms with van der Waals surface area (Å²) in [6.07, 6.45) is 5.10. The van der Waals surface area contributed by atoms with Crippen LogP contribution in [-0.2, 0) is 4.79 Å². The Balaban J connectivity index is 1.72. The SMILES string of the molecule is CCC1(CNCC(=O)Nc2ccc(OC)cc2)CCC1. The van der Waals surface area contributed by atoms with E-state index in [0.717, 1.165) is 18.0 Å². The number of benzene rings is 1. The lowest BCUT2D eigenvalue weighted by molar-refractivity contribution is -0.115. The summed E-state index contributed by atoms with van der Waals surface area (Å²) in [7, 11) is 1.63. The summed E-state index contributed by atoms with van der Waals surface area (Å²) < 4.78 is 5.08. The van der Waals surface area contributed by atoms with Crippen LogP contribution in [0.3, 0.4) is 0 Å². The lowest BCUT2D eigenvalue weighted by Gasteiger charge is -2.41. The Morgan fingerprint density at radius 3 is 2.50 bits per heavy atom. The van der Waals surface area contributed by atoms with Gasteiger partial charge in [0.2, 0.25) is 5.91 Å². The van der Waals surface area contributed by atoms with E-state index in [1.807, 2.05) is 24.3 Å². The van der Waals surface area contributed by atoms with Crippen molar-refractivity contribution < 1.29 is 9.53 Å². The Labute approximate surface area is 120 Å². The highest BCUT2D eigenvalue weighted by Crippen LogP contribution is 2.42. The van der Waals surface area contributed by atoms with E-state index in [0.29, 0.717) is 12.0 Å². The lowest BCUT2D eigenvalue weighted by atomic mass is 9.67. The van der Waals surface area contributed by atoms with Crippen LogP contribution in [0, 0.1) is 5.41 Å². The number of carbonyl (C=O) groups excluding carboxylic acids is 1. The first kappa shape index (κ1) is 14.9. The smallest absolute Gasteiger partial charge is 0.238 e. The van der Waals surface area contributed by atoms with Crippen molar-refractivity contribution >= 4 is 11.6 Å². The number of nitrogens with one attached hydrogen (secondary N) is 2. The molecular weight excluding hydrogens is 252 g/mol. The predicted molar refractivity (Wildman–Crippen MR) is 81.1 cm³/mol. The van der Waals surface area contributed by atoms with Crippen LogP contribution in [0.5, 0.6) is 5.75 Å². The molecule has 1 amide bonds. The molecule has 0 unspecified atom stereocenters. The molecule has 4 heteroatoms. The summed E-state index contributed by atoms with van der Waals surface area (Å²) >= 11 is 0. The average molecular weight is 276 g/mol. The molecule has 4 nitrogen and oxygen atoms in total. The minimum absolute atomic E-state index is 0.000688. The van der Waals surface area contributed by atoms with Gasteiger partial charge in [-0.15, -0.1) is 0 Å². The van der Waals surface area contributed by atoms with Gasteiger partial charge in [-0.05, 0) is 48.9 Å². The van der Waals surface area contributed by atoms with Crippen LogP contribution in [0.1, 0.15) is 32.6 Å². The molecule has 0 atom stereocenters. The van der Waals surface area contributed by atoms with Crippen LogP contribution >= 0.6 is 0 Å². The van der Waals surface area contributed by atoms with Gasteiger partial charge < -0.3 is 15.4 Å². The van der Waals surface area contributed by atoms with E-state index < -0.39 is 0 Å². The van der Waals surface area contributed by atoms with Crippen molar-refractivity contribution in [2.24, 2.45) is 5.41 Å². The van der Waals surface area contributed by atoms with Crippen LogP contribution in [0.2, 0.25) is 0 Å². The molecule has 20 heavy (non-hydrogen) atoms. The van der Waals surface area contributed by atoms with E-state index in [1.165, 1.54) is 25.7 Å². The van der Waals surface area contributed by atoms with Crippen LogP contribution in [0.4, 0.5) is 5.69 Å². The molecule has 0 saturated heterocycles. The Hall–Kier alpha value is -1.55. The fourth-order valence-corrected chi connectivity index (χ4v) is 2.65. The number of anilines is 1. The molecule has 0 aliphatic heterocycles. The van der Waals surface area contributed by atoms with E-state index >= 15 is 0 Å². The molecule has 0 aromatic heterocycles. The second-order valence-corrected chi connectivity index (χ2v) is 5.59. The first-order chi connectivity index (χ1) is 9.67. The van der Waals surface area contributed by atoms with Gasteiger partial charge in [-0.25, -0.2) is 0 Å². The van der Waals surface area contributed by atoms with E-state index in [-0.39, 0.29) is 5.91 Å². The first-order valence-corrected chi connectivity index (χ1v) is 7.32. The average Bonchev–Trinajstić information content (AvgIpc) is 2.43. The highest BCUT2D eigenvalue weighted by atomic mass is 16.5. The maximum atomic E-state index is 11.8. The van der Waals surface area contributed by atoms with Crippen molar-refractivity contribution in [1.29, 1.82) is 0 Å². The quantitative estimate of drug-likeness (QED) is 0.805. The monoisotopic (exact) mass is 276 g/mol. The molecule has 1 aliphatic rings. The van der Waals surface area contributed by atoms with E-state index in [1.54, 1.807) is 7.11 Å². The predicted octanol–water partition coefficient (Wildman–Crippen LogP) is 2.80. The number of ether oxygens (including phenoxy) is 1. The highest BCUT2D eigenvalue weighted by molar-refractivity contribution is 5.92. The molecule has 0 spiro atoms. The molecular formula is C16H24N2O2. The minimum Gasteiger partial charge on any atom is -0.497 e. The van der Waals surface area contributed by atoms with Crippen molar-refractivity contribution in [3.05, 3.63) is 24.3 Å². The number of methoxy groups -OCH3 is 1. The van der Waals surface area contributed by atoms with E-state index in [2.05, 4.69) is 17.6 Å². The maximum Gasteiger partial charge on any atom is 0.238 e. The van der Waals surface area contributed by atoms with Crippen molar-refractivity contribution in [3.8, 4) is 5.75 Å².